The number of hydrogen-bond donors (Lipinski definition) is 2. The molecule has 1 saturated carbocycles. The van der Waals surface area contributed by atoms with Crippen LogP contribution in [0.25, 0.3) is 0 Å². The lowest BCUT2D eigenvalue weighted by molar-refractivity contribution is -0.122. The maximum absolute atomic E-state index is 12.0. The monoisotopic (exact) mass is 314 g/mol. The SMILES string of the molecule is Cl.O=C(NCC1(c2ccccc2Cl)CC1)C1CCCN1. The maximum Gasteiger partial charge on any atom is 0.237 e. The van der Waals surface area contributed by atoms with Crippen LogP contribution in [0.5, 0.6) is 0 Å². The number of hydrogen-bond acceptors (Lipinski definition) is 2. The lowest BCUT2D eigenvalue weighted by Gasteiger charge is -2.19. The molecular weight excluding hydrogens is 295 g/mol. The predicted octanol–water partition coefficient (Wildman–Crippen LogP) is 2.66. The van der Waals surface area contributed by atoms with Crippen molar-refractivity contribution in [1.82, 2.24) is 10.6 Å². The molecule has 1 aliphatic carbocycles. The molecule has 1 aromatic carbocycles. The summed E-state index contributed by atoms with van der Waals surface area (Å²) >= 11 is 6.27. The Bertz CT molecular complexity index is 483. The number of carbonyl (C=O) groups excluding carboxylic acids is 1. The second-order valence-corrected chi connectivity index (χ2v) is 6.03. The van der Waals surface area contributed by atoms with Crippen LogP contribution < -0.4 is 10.6 Å². The number of carbonyl (C=O) groups is 1. The molecule has 0 radical (unpaired) electrons. The normalized spacial score (nSPS) is 22.9. The van der Waals surface area contributed by atoms with Gasteiger partial charge in [-0.15, -0.1) is 12.4 Å². The van der Waals surface area contributed by atoms with Gasteiger partial charge in [-0.25, -0.2) is 0 Å². The fourth-order valence-electron chi connectivity index (χ4n) is 2.87. The van der Waals surface area contributed by atoms with Gasteiger partial charge in [-0.1, -0.05) is 29.8 Å². The number of nitrogens with one attached hydrogen (secondary N) is 2. The van der Waals surface area contributed by atoms with Gasteiger partial charge >= 0.3 is 0 Å². The van der Waals surface area contributed by atoms with Crippen molar-refractivity contribution in [3.63, 3.8) is 0 Å². The second kappa shape index (κ2) is 6.33. The molecule has 2 fully saturated rings. The number of halogens is 2. The summed E-state index contributed by atoms with van der Waals surface area (Å²) in [4.78, 5) is 12.0. The average Bonchev–Trinajstić information content (AvgIpc) is 3.00. The Labute approximate surface area is 130 Å². The molecule has 1 saturated heterocycles. The van der Waals surface area contributed by atoms with E-state index < -0.39 is 0 Å². The summed E-state index contributed by atoms with van der Waals surface area (Å²) in [5.41, 5.74) is 1.25. The molecule has 0 spiro atoms. The maximum atomic E-state index is 12.0. The van der Waals surface area contributed by atoms with Crippen LogP contribution in [-0.2, 0) is 10.2 Å². The molecule has 110 valence electrons. The predicted molar refractivity (Wildman–Crippen MR) is 83.6 cm³/mol. The van der Waals surface area contributed by atoms with Crippen LogP contribution in [0.15, 0.2) is 24.3 Å². The third kappa shape index (κ3) is 3.11. The first-order valence-corrected chi connectivity index (χ1v) is 7.35. The average molecular weight is 315 g/mol. The first-order chi connectivity index (χ1) is 9.21. The molecular formula is C15H20Cl2N2O. The summed E-state index contributed by atoms with van der Waals surface area (Å²) in [6, 6.07) is 7.97. The van der Waals surface area contributed by atoms with Crippen molar-refractivity contribution >= 4 is 29.9 Å². The molecule has 0 bridgehead atoms. The van der Waals surface area contributed by atoms with Crippen molar-refractivity contribution in [2.45, 2.75) is 37.1 Å². The van der Waals surface area contributed by atoms with Crippen LogP contribution in [0.1, 0.15) is 31.2 Å². The van der Waals surface area contributed by atoms with Gasteiger partial charge in [0.05, 0.1) is 6.04 Å². The van der Waals surface area contributed by atoms with Crippen LogP contribution in [0.3, 0.4) is 0 Å². The van der Waals surface area contributed by atoms with Crippen LogP contribution >= 0.6 is 24.0 Å². The molecule has 2 aliphatic rings. The van der Waals surface area contributed by atoms with Gasteiger partial charge in [0.1, 0.15) is 0 Å². The number of rotatable bonds is 4. The van der Waals surface area contributed by atoms with E-state index in [9.17, 15) is 4.79 Å². The zero-order valence-electron chi connectivity index (χ0n) is 11.3. The summed E-state index contributed by atoms with van der Waals surface area (Å²) in [7, 11) is 0. The van der Waals surface area contributed by atoms with Crippen LogP contribution in [0, 0.1) is 0 Å². The lowest BCUT2D eigenvalue weighted by Crippen LogP contribution is -2.43. The Balaban J connectivity index is 0.00000147. The van der Waals surface area contributed by atoms with Gasteiger partial charge in [-0.2, -0.15) is 0 Å². The quantitative estimate of drug-likeness (QED) is 0.897. The molecule has 3 rings (SSSR count). The lowest BCUT2D eigenvalue weighted by atomic mass is 9.95. The fourth-order valence-corrected chi connectivity index (χ4v) is 3.21. The third-order valence-electron chi connectivity index (χ3n) is 4.28. The third-order valence-corrected chi connectivity index (χ3v) is 4.61. The van der Waals surface area contributed by atoms with Crippen molar-refractivity contribution < 1.29 is 4.79 Å². The van der Waals surface area contributed by atoms with Gasteiger partial charge in [-0.3, -0.25) is 4.79 Å². The van der Waals surface area contributed by atoms with Crippen molar-refractivity contribution in [3.8, 4) is 0 Å². The smallest absolute Gasteiger partial charge is 0.237 e. The molecule has 20 heavy (non-hydrogen) atoms. The van der Waals surface area contributed by atoms with Crippen LogP contribution in [-0.4, -0.2) is 25.0 Å². The van der Waals surface area contributed by atoms with E-state index in [1.807, 2.05) is 18.2 Å². The highest BCUT2D eigenvalue weighted by Crippen LogP contribution is 2.49. The molecule has 2 N–H and O–H groups in total. The van der Waals surface area contributed by atoms with E-state index in [1.165, 1.54) is 5.56 Å². The van der Waals surface area contributed by atoms with E-state index in [0.29, 0.717) is 6.54 Å². The van der Waals surface area contributed by atoms with E-state index >= 15 is 0 Å². The van der Waals surface area contributed by atoms with E-state index in [2.05, 4.69) is 16.7 Å². The van der Waals surface area contributed by atoms with Gasteiger partial charge in [-0.05, 0) is 43.9 Å². The van der Waals surface area contributed by atoms with Crippen LogP contribution in [0.4, 0.5) is 0 Å². The highest BCUT2D eigenvalue weighted by molar-refractivity contribution is 6.31. The molecule has 1 unspecified atom stereocenters. The molecule has 1 heterocycles. The summed E-state index contributed by atoms with van der Waals surface area (Å²) < 4.78 is 0. The highest BCUT2D eigenvalue weighted by atomic mass is 35.5. The Morgan fingerprint density at radius 1 is 1.40 bits per heavy atom. The highest BCUT2D eigenvalue weighted by Gasteiger charge is 2.45. The van der Waals surface area contributed by atoms with Gasteiger partial charge < -0.3 is 10.6 Å². The van der Waals surface area contributed by atoms with Gasteiger partial charge in [0.2, 0.25) is 5.91 Å². The topological polar surface area (TPSA) is 41.1 Å². The minimum absolute atomic E-state index is 0. The van der Waals surface area contributed by atoms with Crippen molar-refractivity contribution in [1.29, 1.82) is 0 Å². The van der Waals surface area contributed by atoms with E-state index in [4.69, 9.17) is 11.6 Å². The molecule has 0 aromatic heterocycles. The summed E-state index contributed by atoms with van der Waals surface area (Å²) in [6.45, 7) is 1.65. The van der Waals surface area contributed by atoms with Gasteiger partial charge in [0, 0.05) is 17.0 Å². The Hall–Kier alpha value is -0.770. The first-order valence-electron chi connectivity index (χ1n) is 6.97. The minimum Gasteiger partial charge on any atom is -0.354 e. The van der Waals surface area contributed by atoms with E-state index in [0.717, 1.165) is 37.3 Å². The van der Waals surface area contributed by atoms with Crippen molar-refractivity contribution in [2.24, 2.45) is 0 Å². The largest absolute Gasteiger partial charge is 0.354 e. The zero-order valence-corrected chi connectivity index (χ0v) is 12.9. The Kier molecular flexibility index (Phi) is 4.95. The fraction of sp³-hybridized carbons (Fsp3) is 0.533. The molecule has 1 aliphatic heterocycles. The Morgan fingerprint density at radius 3 is 2.75 bits per heavy atom. The zero-order chi connectivity index (χ0) is 13.3. The second-order valence-electron chi connectivity index (χ2n) is 5.63. The summed E-state index contributed by atoms with van der Waals surface area (Å²) in [5.74, 6) is 0.135. The summed E-state index contributed by atoms with van der Waals surface area (Å²) in [6.07, 6.45) is 4.25. The first kappa shape index (κ1) is 15.6. The molecule has 5 heteroatoms. The standard InChI is InChI=1S/C15H19ClN2O.ClH/c16-12-5-2-1-4-11(12)15(7-8-15)10-18-14(19)13-6-3-9-17-13;/h1-2,4-5,13,17H,3,6-10H2,(H,18,19);1H. The van der Waals surface area contributed by atoms with Crippen LogP contribution in [0.2, 0.25) is 5.02 Å². The van der Waals surface area contributed by atoms with E-state index in [-0.39, 0.29) is 29.8 Å². The van der Waals surface area contributed by atoms with Gasteiger partial charge in [0.15, 0.2) is 0 Å². The number of amides is 1. The number of benzene rings is 1. The Morgan fingerprint density at radius 2 is 2.15 bits per heavy atom. The van der Waals surface area contributed by atoms with Gasteiger partial charge in [0.25, 0.3) is 0 Å². The minimum atomic E-state index is 0. The summed E-state index contributed by atoms with van der Waals surface area (Å²) in [5, 5.41) is 7.13. The van der Waals surface area contributed by atoms with E-state index in [1.54, 1.807) is 0 Å². The molecule has 1 amide bonds. The molecule has 1 aromatic rings. The molecule has 1 atom stereocenters. The van der Waals surface area contributed by atoms with Crippen molar-refractivity contribution in [2.75, 3.05) is 13.1 Å². The van der Waals surface area contributed by atoms with Crippen molar-refractivity contribution in [3.05, 3.63) is 34.9 Å². The molecule has 3 nitrogen and oxygen atoms in total.